The number of hydrazone groups is 1. The van der Waals surface area contributed by atoms with Crippen molar-refractivity contribution in [3.05, 3.63) is 29.1 Å². The zero-order chi connectivity index (χ0) is 37.3. The van der Waals surface area contributed by atoms with E-state index in [1.165, 1.54) is 0 Å². The molecular formula is C29H45F5N4O12. The van der Waals surface area contributed by atoms with Crippen molar-refractivity contribution in [2.45, 2.75) is 44.0 Å². The third kappa shape index (κ3) is 18.9. The number of benzene rings is 1. The van der Waals surface area contributed by atoms with Gasteiger partial charge in [0.15, 0.2) is 0 Å². The summed E-state index contributed by atoms with van der Waals surface area (Å²) in [4.78, 5) is 15.7. The number of carbonyl (C=O) groups excluding carboxylic acids is 1. The molecule has 3 unspecified atom stereocenters. The van der Waals surface area contributed by atoms with Crippen LogP contribution in [-0.2, 0) is 33.2 Å². The van der Waals surface area contributed by atoms with Gasteiger partial charge in [0.1, 0.15) is 6.10 Å². The largest absolute Gasteiger partial charge is 0.420 e. The van der Waals surface area contributed by atoms with E-state index in [1.807, 2.05) is 0 Å². The summed E-state index contributed by atoms with van der Waals surface area (Å²) in [5.74, 6) is -8.89. The van der Waals surface area contributed by atoms with Gasteiger partial charge in [0, 0.05) is 26.2 Å². The number of halogens is 5. The predicted octanol–water partition coefficient (Wildman–Crippen LogP) is 1.13. The lowest BCUT2D eigenvalue weighted by Crippen LogP contribution is -2.42. The minimum absolute atomic E-state index is 0.0630. The lowest BCUT2D eigenvalue weighted by atomic mass is 10.0. The van der Waals surface area contributed by atoms with Crippen LogP contribution in [0, 0.1) is 29.1 Å². The van der Waals surface area contributed by atoms with Gasteiger partial charge in [-0.3, -0.25) is 20.2 Å². The number of hydroxylamine groups is 2. The summed E-state index contributed by atoms with van der Waals surface area (Å²) in [5.41, 5.74) is 0.629. The summed E-state index contributed by atoms with van der Waals surface area (Å²) in [5, 5.41) is 38.9. The second-order valence-corrected chi connectivity index (χ2v) is 10.2. The van der Waals surface area contributed by atoms with Gasteiger partial charge in [-0.2, -0.15) is 13.9 Å². The Bertz CT molecular complexity index is 1140. The van der Waals surface area contributed by atoms with Crippen LogP contribution in [0.3, 0.4) is 0 Å². The molecule has 1 fully saturated rings. The second kappa shape index (κ2) is 26.8. The van der Waals surface area contributed by atoms with Crippen molar-refractivity contribution in [2.24, 2.45) is 15.9 Å². The zero-order valence-electron chi connectivity index (χ0n) is 27.5. The van der Waals surface area contributed by atoms with Crippen LogP contribution in [0.15, 0.2) is 10.1 Å². The van der Waals surface area contributed by atoms with Gasteiger partial charge in [-0.05, 0) is 6.42 Å². The van der Waals surface area contributed by atoms with Crippen LogP contribution in [0.1, 0.15) is 25.7 Å². The molecule has 1 aliphatic heterocycles. The summed E-state index contributed by atoms with van der Waals surface area (Å²) in [6.45, 7) is 2.88. The van der Waals surface area contributed by atoms with E-state index < -0.39 is 59.4 Å². The summed E-state index contributed by atoms with van der Waals surface area (Å²) >= 11 is 0. The Balaban J connectivity index is 0.000000799. The monoisotopic (exact) mass is 736 g/mol. The quantitative estimate of drug-likeness (QED) is 0.0123. The third-order valence-electron chi connectivity index (χ3n) is 6.39. The molecule has 0 aromatic heterocycles. The van der Waals surface area contributed by atoms with Crippen LogP contribution >= 0.6 is 0 Å². The summed E-state index contributed by atoms with van der Waals surface area (Å²) in [7, 11) is 1.58. The number of aliphatic imine (C=N–C) groups is 1. The first-order valence-electron chi connectivity index (χ1n) is 15.3. The van der Waals surface area contributed by atoms with Crippen LogP contribution < -0.4 is 10.6 Å². The van der Waals surface area contributed by atoms with Gasteiger partial charge < -0.3 is 49.2 Å². The third-order valence-corrected chi connectivity index (χ3v) is 6.39. The van der Waals surface area contributed by atoms with Gasteiger partial charge >= 0.3 is 5.97 Å². The van der Waals surface area contributed by atoms with Gasteiger partial charge in [0.05, 0.1) is 103 Å². The normalized spacial score (nSPS) is 18.1. The number of hydrogen-bond donors (Lipinski definition) is 5. The number of nitrogens with two attached hydrogens (primary N) is 1. The molecule has 0 bridgehead atoms. The van der Waals surface area contributed by atoms with E-state index in [-0.39, 0.29) is 50.9 Å². The Labute approximate surface area is 285 Å². The average molecular weight is 737 g/mol. The summed E-state index contributed by atoms with van der Waals surface area (Å²) in [6, 6.07) is 0. The number of methoxy groups -OCH3 is 1. The number of aliphatic hydroxyl groups excluding tert-OH is 2. The zero-order valence-corrected chi connectivity index (χ0v) is 27.5. The Hall–Kier alpha value is -2.96. The van der Waals surface area contributed by atoms with Crippen molar-refractivity contribution in [1.82, 2.24) is 5.23 Å². The van der Waals surface area contributed by atoms with Crippen LogP contribution in [0.4, 0.5) is 22.0 Å². The Morgan fingerprint density at radius 1 is 0.840 bits per heavy atom. The molecule has 1 saturated heterocycles. The van der Waals surface area contributed by atoms with Crippen molar-refractivity contribution < 1.29 is 80.5 Å². The maximum absolute atomic E-state index is 13.5. The van der Waals surface area contributed by atoms with E-state index in [4.69, 9.17) is 49.8 Å². The first kappa shape index (κ1) is 45.1. The van der Waals surface area contributed by atoms with Crippen LogP contribution in [0.2, 0.25) is 0 Å². The topological polar surface area (TPSA) is 217 Å². The van der Waals surface area contributed by atoms with E-state index in [2.05, 4.69) is 14.8 Å². The lowest BCUT2D eigenvalue weighted by molar-refractivity contribution is -0.309. The Morgan fingerprint density at radius 2 is 1.38 bits per heavy atom. The van der Waals surface area contributed by atoms with Crippen LogP contribution in [-0.4, -0.2) is 148 Å². The molecule has 0 saturated carbocycles. The molecule has 50 heavy (non-hydrogen) atoms. The first-order chi connectivity index (χ1) is 23.9. The molecule has 1 aromatic carbocycles. The lowest BCUT2D eigenvalue weighted by Gasteiger charge is -2.30. The number of nitrogens with zero attached hydrogens (tertiary/aromatic N) is 3. The SMILES string of the molecule is COCC/C(C=NCCOCCOCCOCCOCCC(=O)Oc1c(F)c(F)c(F)c(F)c1F)=N/N.OC1COC(CCN(O)O)CC1O. The average Bonchev–Trinajstić information content (AvgIpc) is 3.10. The highest BCUT2D eigenvalue weighted by atomic mass is 19.2. The molecule has 0 spiro atoms. The molecule has 0 aliphatic carbocycles. The second-order valence-electron chi connectivity index (χ2n) is 10.2. The fraction of sp³-hybridized carbons (Fsp3) is 0.690. The molecule has 0 amide bonds. The highest BCUT2D eigenvalue weighted by Crippen LogP contribution is 2.29. The Kier molecular flexibility index (Phi) is 24.1. The van der Waals surface area contributed by atoms with Crippen molar-refractivity contribution in [1.29, 1.82) is 0 Å². The molecule has 1 heterocycles. The molecule has 2 rings (SSSR count). The smallest absolute Gasteiger partial charge is 0.313 e. The van der Waals surface area contributed by atoms with E-state index in [1.54, 1.807) is 13.3 Å². The van der Waals surface area contributed by atoms with Crippen molar-refractivity contribution >= 4 is 17.9 Å². The van der Waals surface area contributed by atoms with Crippen molar-refractivity contribution in [3.8, 4) is 5.75 Å². The molecule has 3 atom stereocenters. The fourth-order valence-corrected chi connectivity index (χ4v) is 3.71. The van der Waals surface area contributed by atoms with Gasteiger partial charge in [-0.25, -0.2) is 13.2 Å². The number of ether oxygens (including phenoxy) is 7. The molecule has 0 radical (unpaired) electrons. The van der Waals surface area contributed by atoms with Gasteiger partial charge in [-0.15, -0.1) is 0 Å². The number of esters is 1. The molecule has 21 heteroatoms. The number of aliphatic hydroxyl groups is 2. The van der Waals surface area contributed by atoms with Crippen LogP contribution in [0.25, 0.3) is 0 Å². The van der Waals surface area contributed by atoms with Crippen LogP contribution in [0.5, 0.6) is 5.75 Å². The summed E-state index contributed by atoms with van der Waals surface area (Å²) in [6.07, 6.45) is 0.589. The maximum Gasteiger partial charge on any atom is 0.313 e. The van der Waals surface area contributed by atoms with Gasteiger partial charge in [-0.1, -0.05) is 5.23 Å². The molecule has 288 valence electrons. The van der Waals surface area contributed by atoms with Gasteiger partial charge in [0.2, 0.25) is 34.8 Å². The fourth-order valence-electron chi connectivity index (χ4n) is 3.71. The number of hydrogen-bond acceptors (Lipinski definition) is 16. The van der Waals surface area contributed by atoms with E-state index in [0.29, 0.717) is 64.6 Å². The molecule has 16 nitrogen and oxygen atoms in total. The molecule has 1 aromatic rings. The van der Waals surface area contributed by atoms with Gasteiger partial charge in [0.25, 0.3) is 0 Å². The Morgan fingerprint density at radius 3 is 1.90 bits per heavy atom. The first-order valence-corrected chi connectivity index (χ1v) is 15.3. The summed E-state index contributed by atoms with van der Waals surface area (Å²) < 4.78 is 101. The van der Waals surface area contributed by atoms with Crippen molar-refractivity contribution in [3.63, 3.8) is 0 Å². The molecule has 6 N–H and O–H groups in total. The molecule has 1 aliphatic rings. The minimum atomic E-state index is -2.35. The number of carbonyl (C=O) groups is 1. The van der Waals surface area contributed by atoms with E-state index in [9.17, 15) is 31.9 Å². The standard InChI is InChI=1S/C22H30F5N3O7.C7H15NO5/c1-32-5-2-15(30-28)14-29-4-7-34-9-11-36-13-12-35-10-8-33-6-3-16(31)37-22-20(26)18(24)17(23)19(25)21(22)27;9-6-3-5(1-2-8(11)12)13-4-7(6)10/h14H,2-13,28H2,1H3;5-7,9-12H,1-4H2/b29-14?,30-15-;. The predicted molar refractivity (Wildman–Crippen MR) is 163 cm³/mol. The highest BCUT2D eigenvalue weighted by molar-refractivity contribution is 6.30. The minimum Gasteiger partial charge on any atom is -0.420 e. The van der Waals surface area contributed by atoms with Crippen molar-refractivity contribution in [2.75, 3.05) is 86.3 Å². The maximum atomic E-state index is 13.5. The highest BCUT2D eigenvalue weighted by Gasteiger charge is 2.29. The van der Waals surface area contributed by atoms with E-state index in [0.717, 1.165) is 0 Å². The number of rotatable bonds is 23. The van der Waals surface area contributed by atoms with E-state index >= 15 is 0 Å². The molecular weight excluding hydrogens is 691 g/mol.